The maximum Gasteiger partial charge on any atom is 0.267 e. The van der Waals surface area contributed by atoms with Crippen LogP contribution < -0.4 is 5.32 Å². The number of carbonyl (C=O) groups is 1. The van der Waals surface area contributed by atoms with Gasteiger partial charge in [-0.2, -0.15) is 5.10 Å². The van der Waals surface area contributed by atoms with Crippen molar-refractivity contribution in [1.29, 1.82) is 0 Å². The van der Waals surface area contributed by atoms with Crippen molar-refractivity contribution in [2.24, 2.45) is 0 Å². The molecule has 4 aromatic rings. The van der Waals surface area contributed by atoms with Crippen LogP contribution in [-0.2, 0) is 13.1 Å². The second-order valence-corrected chi connectivity index (χ2v) is 6.37. The normalized spacial score (nSPS) is 11.0. The Labute approximate surface area is 150 Å². The SMILES string of the molecule is Cc1ccc2cc(C(=O)NCc3cccc(Cn4cncn4)c3)[nH]c2c1. The summed E-state index contributed by atoms with van der Waals surface area (Å²) in [5.74, 6) is -0.111. The third kappa shape index (κ3) is 3.49. The Kier molecular flexibility index (Phi) is 4.23. The van der Waals surface area contributed by atoms with E-state index in [1.54, 1.807) is 11.0 Å². The largest absolute Gasteiger partial charge is 0.351 e. The summed E-state index contributed by atoms with van der Waals surface area (Å²) in [4.78, 5) is 19.6. The molecular formula is C20H19N5O. The minimum atomic E-state index is -0.111. The lowest BCUT2D eigenvalue weighted by molar-refractivity contribution is 0.0946. The number of carbonyl (C=O) groups excluding carboxylic acids is 1. The molecule has 2 aromatic heterocycles. The summed E-state index contributed by atoms with van der Waals surface area (Å²) in [6.45, 7) is 3.16. The highest BCUT2D eigenvalue weighted by molar-refractivity contribution is 5.98. The Balaban J connectivity index is 1.43. The fraction of sp³-hybridized carbons (Fsp3) is 0.150. The van der Waals surface area contributed by atoms with Crippen molar-refractivity contribution in [3.63, 3.8) is 0 Å². The summed E-state index contributed by atoms with van der Waals surface area (Å²) >= 11 is 0. The highest BCUT2D eigenvalue weighted by Crippen LogP contribution is 2.17. The summed E-state index contributed by atoms with van der Waals surface area (Å²) in [7, 11) is 0. The van der Waals surface area contributed by atoms with Crippen molar-refractivity contribution >= 4 is 16.8 Å². The summed E-state index contributed by atoms with van der Waals surface area (Å²) < 4.78 is 1.77. The van der Waals surface area contributed by atoms with Gasteiger partial charge in [0.05, 0.1) is 6.54 Å². The molecule has 0 bridgehead atoms. The molecule has 26 heavy (non-hydrogen) atoms. The number of nitrogens with zero attached hydrogens (tertiary/aromatic N) is 3. The zero-order chi connectivity index (χ0) is 17.9. The highest BCUT2D eigenvalue weighted by Gasteiger charge is 2.09. The molecular weight excluding hydrogens is 326 g/mol. The van der Waals surface area contributed by atoms with Crippen molar-refractivity contribution in [2.75, 3.05) is 0 Å². The Morgan fingerprint density at radius 3 is 2.88 bits per heavy atom. The molecule has 0 aliphatic carbocycles. The maximum atomic E-state index is 12.4. The van der Waals surface area contributed by atoms with E-state index in [2.05, 4.69) is 26.4 Å². The van der Waals surface area contributed by atoms with E-state index in [9.17, 15) is 4.79 Å². The third-order valence-corrected chi connectivity index (χ3v) is 4.28. The van der Waals surface area contributed by atoms with Crippen molar-refractivity contribution in [3.8, 4) is 0 Å². The lowest BCUT2D eigenvalue weighted by atomic mass is 10.1. The number of aromatic nitrogens is 4. The fourth-order valence-electron chi connectivity index (χ4n) is 2.98. The van der Waals surface area contributed by atoms with Crippen LogP contribution in [0.25, 0.3) is 10.9 Å². The van der Waals surface area contributed by atoms with Crippen LogP contribution in [-0.4, -0.2) is 25.7 Å². The first-order valence-corrected chi connectivity index (χ1v) is 8.45. The predicted molar refractivity (Wildman–Crippen MR) is 99.8 cm³/mol. The minimum Gasteiger partial charge on any atom is -0.351 e. The monoisotopic (exact) mass is 345 g/mol. The molecule has 0 spiro atoms. The molecule has 6 heteroatoms. The average Bonchev–Trinajstić information content (AvgIpc) is 3.29. The molecule has 0 aliphatic heterocycles. The highest BCUT2D eigenvalue weighted by atomic mass is 16.1. The number of nitrogens with one attached hydrogen (secondary N) is 2. The number of rotatable bonds is 5. The Hall–Kier alpha value is -3.41. The summed E-state index contributed by atoms with van der Waals surface area (Å²) in [5.41, 5.74) is 4.87. The van der Waals surface area contributed by atoms with Gasteiger partial charge in [-0.1, -0.05) is 36.4 Å². The number of hydrogen-bond donors (Lipinski definition) is 2. The predicted octanol–water partition coefficient (Wildman–Crippen LogP) is 3.05. The molecule has 0 saturated carbocycles. The first-order valence-electron chi connectivity index (χ1n) is 8.45. The topological polar surface area (TPSA) is 75.6 Å². The third-order valence-electron chi connectivity index (χ3n) is 4.28. The van der Waals surface area contributed by atoms with Gasteiger partial charge >= 0.3 is 0 Å². The molecule has 1 amide bonds. The van der Waals surface area contributed by atoms with Crippen LogP contribution in [0, 0.1) is 6.92 Å². The Morgan fingerprint density at radius 1 is 1.15 bits per heavy atom. The first-order chi connectivity index (χ1) is 12.7. The van der Waals surface area contributed by atoms with Crippen LogP contribution in [0.5, 0.6) is 0 Å². The van der Waals surface area contributed by atoms with Crippen molar-refractivity contribution in [1.82, 2.24) is 25.1 Å². The van der Waals surface area contributed by atoms with Gasteiger partial charge in [-0.3, -0.25) is 4.79 Å². The molecule has 2 aromatic carbocycles. The summed E-state index contributed by atoms with van der Waals surface area (Å²) in [5, 5.41) is 8.12. The zero-order valence-electron chi connectivity index (χ0n) is 14.4. The van der Waals surface area contributed by atoms with Gasteiger partial charge in [0.15, 0.2) is 0 Å². The lowest BCUT2D eigenvalue weighted by Crippen LogP contribution is -2.23. The van der Waals surface area contributed by atoms with Crippen LogP contribution >= 0.6 is 0 Å². The molecule has 0 radical (unpaired) electrons. The average molecular weight is 345 g/mol. The van der Waals surface area contributed by atoms with Gasteiger partial charge in [-0.15, -0.1) is 0 Å². The van der Waals surface area contributed by atoms with E-state index in [0.29, 0.717) is 18.8 Å². The van der Waals surface area contributed by atoms with Crippen molar-refractivity contribution < 1.29 is 4.79 Å². The van der Waals surface area contributed by atoms with E-state index in [0.717, 1.165) is 27.6 Å². The number of benzene rings is 2. The molecule has 4 rings (SSSR count). The van der Waals surface area contributed by atoms with E-state index in [1.807, 2.05) is 49.4 Å². The number of aryl methyl sites for hydroxylation is 1. The number of fused-ring (bicyclic) bond motifs is 1. The molecule has 6 nitrogen and oxygen atoms in total. The number of amides is 1. The van der Waals surface area contributed by atoms with Gasteiger partial charge in [0.1, 0.15) is 18.3 Å². The van der Waals surface area contributed by atoms with Gasteiger partial charge in [0.2, 0.25) is 0 Å². The van der Waals surface area contributed by atoms with Gasteiger partial charge in [-0.25, -0.2) is 9.67 Å². The number of H-pyrrole nitrogens is 1. The van der Waals surface area contributed by atoms with E-state index in [-0.39, 0.29) is 5.91 Å². The second kappa shape index (κ2) is 6.84. The number of hydrogen-bond acceptors (Lipinski definition) is 3. The van der Waals surface area contributed by atoms with E-state index >= 15 is 0 Å². The van der Waals surface area contributed by atoms with Crippen LogP contribution in [0.3, 0.4) is 0 Å². The lowest BCUT2D eigenvalue weighted by Gasteiger charge is -2.07. The van der Waals surface area contributed by atoms with E-state index in [1.165, 1.54) is 6.33 Å². The standard InChI is InChI=1S/C20H19N5O/c1-14-5-6-17-9-19(24-18(17)7-14)20(26)22-10-15-3-2-4-16(8-15)11-25-13-21-12-23-25/h2-9,12-13,24H,10-11H2,1H3,(H,22,26). The maximum absolute atomic E-state index is 12.4. The molecule has 2 N–H and O–H groups in total. The molecule has 0 fully saturated rings. The summed E-state index contributed by atoms with van der Waals surface area (Å²) in [6.07, 6.45) is 3.21. The molecule has 0 unspecified atom stereocenters. The fourth-order valence-corrected chi connectivity index (χ4v) is 2.98. The minimum absolute atomic E-state index is 0.111. The first kappa shape index (κ1) is 16.1. The van der Waals surface area contributed by atoms with Crippen LogP contribution in [0.4, 0.5) is 0 Å². The van der Waals surface area contributed by atoms with Gasteiger partial charge in [-0.05, 0) is 35.7 Å². The Morgan fingerprint density at radius 2 is 2.04 bits per heavy atom. The zero-order valence-corrected chi connectivity index (χ0v) is 14.4. The quantitative estimate of drug-likeness (QED) is 0.584. The van der Waals surface area contributed by atoms with E-state index < -0.39 is 0 Å². The van der Waals surface area contributed by atoms with Crippen LogP contribution in [0.1, 0.15) is 27.2 Å². The Bertz CT molecular complexity index is 1050. The number of aromatic amines is 1. The van der Waals surface area contributed by atoms with Crippen molar-refractivity contribution in [2.45, 2.75) is 20.0 Å². The molecule has 0 saturated heterocycles. The molecule has 2 heterocycles. The molecule has 130 valence electrons. The summed E-state index contributed by atoms with van der Waals surface area (Å²) in [6, 6.07) is 16.1. The molecule has 0 atom stereocenters. The smallest absolute Gasteiger partial charge is 0.267 e. The van der Waals surface area contributed by atoms with Gasteiger partial charge < -0.3 is 10.3 Å². The second-order valence-electron chi connectivity index (χ2n) is 6.37. The molecule has 0 aliphatic rings. The van der Waals surface area contributed by atoms with Crippen LogP contribution in [0.15, 0.2) is 61.2 Å². The van der Waals surface area contributed by atoms with Gasteiger partial charge in [0, 0.05) is 17.4 Å². The van der Waals surface area contributed by atoms with Crippen molar-refractivity contribution in [3.05, 3.63) is 83.6 Å². The van der Waals surface area contributed by atoms with Crippen LogP contribution in [0.2, 0.25) is 0 Å². The van der Waals surface area contributed by atoms with E-state index in [4.69, 9.17) is 0 Å². The van der Waals surface area contributed by atoms with Gasteiger partial charge in [0.25, 0.3) is 5.91 Å².